The Morgan fingerprint density at radius 3 is 2.75 bits per heavy atom. The number of rotatable bonds is 2. The number of aromatic nitrogens is 1. The predicted octanol–water partition coefficient (Wildman–Crippen LogP) is 2.40. The lowest BCUT2D eigenvalue weighted by molar-refractivity contribution is 0.102. The van der Waals surface area contributed by atoms with E-state index in [4.69, 9.17) is 14.0 Å². The minimum atomic E-state index is -0.269. The van der Waals surface area contributed by atoms with Crippen LogP contribution in [0.1, 0.15) is 22.5 Å². The summed E-state index contributed by atoms with van der Waals surface area (Å²) in [6.45, 7) is 2.97. The second-order valence-electron chi connectivity index (χ2n) is 4.49. The van der Waals surface area contributed by atoms with E-state index in [1.165, 1.54) is 0 Å². The van der Waals surface area contributed by atoms with Crippen molar-refractivity contribution in [1.29, 1.82) is 0 Å². The van der Waals surface area contributed by atoms with Crippen LogP contribution in [0, 0.1) is 6.92 Å². The van der Waals surface area contributed by atoms with Crippen LogP contribution in [0.5, 0.6) is 11.5 Å². The zero-order chi connectivity index (χ0) is 13.9. The first-order chi connectivity index (χ1) is 9.72. The van der Waals surface area contributed by atoms with E-state index >= 15 is 0 Å². The first-order valence-corrected chi connectivity index (χ1v) is 6.37. The number of carbonyl (C=O) groups excluding carboxylic acids is 1. The average molecular weight is 274 g/mol. The van der Waals surface area contributed by atoms with Crippen LogP contribution in [-0.2, 0) is 0 Å². The number of nitrogens with one attached hydrogen (secondary N) is 1. The molecule has 6 heteroatoms. The monoisotopic (exact) mass is 274 g/mol. The molecule has 2 heterocycles. The van der Waals surface area contributed by atoms with E-state index in [9.17, 15) is 4.79 Å². The molecular weight excluding hydrogens is 260 g/mol. The van der Waals surface area contributed by atoms with Crippen LogP contribution in [-0.4, -0.2) is 24.3 Å². The molecule has 2 aromatic rings. The van der Waals surface area contributed by atoms with E-state index in [1.807, 2.05) is 0 Å². The number of aryl methyl sites for hydroxylation is 1. The molecule has 1 amide bonds. The number of amides is 1. The Hall–Kier alpha value is -2.50. The maximum atomic E-state index is 12.1. The Morgan fingerprint density at radius 2 is 2.00 bits per heavy atom. The quantitative estimate of drug-likeness (QED) is 0.910. The van der Waals surface area contributed by atoms with Gasteiger partial charge in [0, 0.05) is 18.1 Å². The molecule has 1 aliphatic rings. The third kappa shape index (κ3) is 2.59. The van der Waals surface area contributed by atoms with Gasteiger partial charge in [-0.3, -0.25) is 4.79 Å². The minimum Gasteiger partial charge on any atom is -0.490 e. The third-order valence-corrected chi connectivity index (χ3v) is 2.88. The number of ether oxygens (including phenoxy) is 2. The lowest BCUT2D eigenvalue weighted by atomic mass is 10.2. The van der Waals surface area contributed by atoms with E-state index in [2.05, 4.69) is 10.5 Å². The molecule has 0 aliphatic carbocycles. The molecule has 0 atom stereocenters. The lowest BCUT2D eigenvalue weighted by Crippen LogP contribution is -2.12. The van der Waals surface area contributed by atoms with Gasteiger partial charge in [-0.2, -0.15) is 0 Å². The van der Waals surface area contributed by atoms with Crippen LogP contribution in [0.15, 0.2) is 28.8 Å². The molecule has 1 N–H and O–H groups in total. The van der Waals surface area contributed by atoms with E-state index in [1.54, 1.807) is 31.2 Å². The molecule has 0 radical (unpaired) electrons. The van der Waals surface area contributed by atoms with Crippen LogP contribution in [0.4, 0.5) is 5.82 Å². The standard InChI is InChI=1S/C14H14N2O4/c1-9-7-13(16-20-9)15-14(17)10-3-4-11-12(8-10)19-6-2-5-18-11/h3-4,7-8H,2,5-6H2,1H3,(H,15,16,17). The fourth-order valence-electron chi connectivity index (χ4n) is 1.92. The van der Waals surface area contributed by atoms with Gasteiger partial charge < -0.3 is 19.3 Å². The summed E-state index contributed by atoms with van der Waals surface area (Å²) in [5, 5.41) is 6.38. The molecule has 104 valence electrons. The number of anilines is 1. The largest absolute Gasteiger partial charge is 0.490 e. The number of benzene rings is 1. The van der Waals surface area contributed by atoms with Gasteiger partial charge in [-0.25, -0.2) is 0 Å². The SMILES string of the molecule is Cc1cc(NC(=O)c2ccc3c(c2)OCCCO3)no1. The van der Waals surface area contributed by atoms with Gasteiger partial charge in [-0.05, 0) is 25.1 Å². The van der Waals surface area contributed by atoms with Gasteiger partial charge in [0.1, 0.15) is 5.76 Å². The maximum absolute atomic E-state index is 12.1. The fraction of sp³-hybridized carbons (Fsp3) is 0.286. The van der Waals surface area contributed by atoms with Crippen LogP contribution >= 0.6 is 0 Å². The molecule has 1 aromatic heterocycles. The summed E-state index contributed by atoms with van der Waals surface area (Å²) in [6.07, 6.45) is 0.828. The van der Waals surface area contributed by atoms with Crippen molar-refractivity contribution >= 4 is 11.7 Å². The van der Waals surface area contributed by atoms with Crippen molar-refractivity contribution in [2.24, 2.45) is 0 Å². The van der Waals surface area contributed by atoms with E-state index < -0.39 is 0 Å². The van der Waals surface area contributed by atoms with Gasteiger partial charge in [0.2, 0.25) is 0 Å². The van der Waals surface area contributed by atoms with Gasteiger partial charge in [0.25, 0.3) is 5.91 Å². The first-order valence-electron chi connectivity index (χ1n) is 6.37. The number of hydrogen-bond acceptors (Lipinski definition) is 5. The summed E-state index contributed by atoms with van der Waals surface area (Å²) in [5.41, 5.74) is 0.481. The summed E-state index contributed by atoms with van der Waals surface area (Å²) >= 11 is 0. The number of fused-ring (bicyclic) bond motifs is 1. The van der Waals surface area contributed by atoms with Gasteiger partial charge in [-0.1, -0.05) is 5.16 Å². The molecule has 0 fully saturated rings. The molecule has 3 rings (SSSR count). The van der Waals surface area contributed by atoms with Crippen LogP contribution < -0.4 is 14.8 Å². The Kier molecular flexibility index (Phi) is 3.28. The van der Waals surface area contributed by atoms with Crippen molar-refractivity contribution in [3.8, 4) is 11.5 Å². The number of hydrogen-bond donors (Lipinski definition) is 1. The normalized spacial score (nSPS) is 13.7. The predicted molar refractivity (Wildman–Crippen MR) is 71.2 cm³/mol. The zero-order valence-corrected chi connectivity index (χ0v) is 11.0. The highest BCUT2D eigenvalue weighted by Crippen LogP contribution is 2.30. The molecular formula is C14H14N2O4. The van der Waals surface area contributed by atoms with Crippen LogP contribution in [0.2, 0.25) is 0 Å². The van der Waals surface area contributed by atoms with Crippen molar-refractivity contribution in [2.45, 2.75) is 13.3 Å². The molecule has 1 aromatic carbocycles. The Morgan fingerprint density at radius 1 is 1.20 bits per heavy atom. The molecule has 0 saturated heterocycles. The van der Waals surface area contributed by atoms with Gasteiger partial charge in [-0.15, -0.1) is 0 Å². The minimum absolute atomic E-state index is 0.269. The third-order valence-electron chi connectivity index (χ3n) is 2.88. The smallest absolute Gasteiger partial charge is 0.257 e. The van der Waals surface area contributed by atoms with Gasteiger partial charge in [0.05, 0.1) is 13.2 Å². The highest BCUT2D eigenvalue weighted by Gasteiger charge is 2.15. The van der Waals surface area contributed by atoms with E-state index in [0.717, 1.165) is 6.42 Å². The Bertz CT molecular complexity index is 636. The highest BCUT2D eigenvalue weighted by molar-refractivity contribution is 6.04. The van der Waals surface area contributed by atoms with Gasteiger partial charge >= 0.3 is 0 Å². The van der Waals surface area contributed by atoms with Crippen molar-refractivity contribution < 1.29 is 18.8 Å². The molecule has 0 spiro atoms. The Balaban J connectivity index is 1.79. The molecule has 0 bridgehead atoms. The van der Waals surface area contributed by atoms with Crippen molar-refractivity contribution in [3.05, 3.63) is 35.6 Å². The first kappa shape index (κ1) is 12.5. The van der Waals surface area contributed by atoms with Crippen LogP contribution in [0.3, 0.4) is 0 Å². The van der Waals surface area contributed by atoms with Crippen molar-refractivity contribution in [1.82, 2.24) is 5.16 Å². The fourth-order valence-corrected chi connectivity index (χ4v) is 1.92. The molecule has 0 saturated carbocycles. The molecule has 6 nitrogen and oxygen atoms in total. The Labute approximate surface area is 115 Å². The molecule has 20 heavy (non-hydrogen) atoms. The summed E-state index contributed by atoms with van der Waals surface area (Å²) in [5.74, 6) is 2.01. The molecule has 0 unspecified atom stereocenters. The summed E-state index contributed by atoms with van der Waals surface area (Å²) in [7, 11) is 0. The second-order valence-corrected chi connectivity index (χ2v) is 4.49. The number of nitrogens with zero attached hydrogens (tertiary/aromatic N) is 1. The van der Waals surface area contributed by atoms with E-state index in [0.29, 0.717) is 41.9 Å². The lowest BCUT2D eigenvalue weighted by Gasteiger charge is -2.08. The highest BCUT2D eigenvalue weighted by atomic mass is 16.5. The molecule has 1 aliphatic heterocycles. The average Bonchev–Trinajstić information content (AvgIpc) is 2.72. The van der Waals surface area contributed by atoms with Crippen molar-refractivity contribution in [3.63, 3.8) is 0 Å². The summed E-state index contributed by atoms with van der Waals surface area (Å²) in [6, 6.07) is 6.75. The second kappa shape index (κ2) is 5.24. The van der Waals surface area contributed by atoms with E-state index in [-0.39, 0.29) is 5.91 Å². The summed E-state index contributed by atoms with van der Waals surface area (Å²) < 4.78 is 16.0. The number of carbonyl (C=O) groups is 1. The maximum Gasteiger partial charge on any atom is 0.257 e. The summed E-state index contributed by atoms with van der Waals surface area (Å²) in [4.78, 5) is 12.1. The van der Waals surface area contributed by atoms with Crippen LogP contribution in [0.25, 0.3) is 0 Å². The van der Waals surface area contributed by atoms with Gasteiger partial charge in [0.15, 0.2) is 17.3 Å². The topological polar surface area (TPSA) is 73.6 Å². The zero-order valence-electron chi connectivity index (χ0n) is 11.0. The van der Waals surface area contributed by atoms with Crippen molar-refractivity contribution in [2.75, 3.05) is 18.5 Å².